The Bertz CT molecular complexity index is 1080. The van der Waals surface area contributed by atoms with E-state index in [1.807, 2.05) is 32.0 Å². The number of carbonyl (C=O) groups is 3. The van der Waals surface area contributed by atoms with Gasteiger partial charge in [0.2, 0.25) is 5.91 Å². The van der Waals surface area contributed by atoms with Gasteiger partial charge in [-0.05, 0) is 45.2 Å². The summed E-state index contributed by atoms with van der Waals surface area (Å²) < 4.78 is 6.25. The Kier molecular flexibility index (Phi) is 6.28. The molecule has 4 rings (SSSR count). The topological polar surface area (TPSA) is 93.5 Å². The van der Waals surface area contributed by atoms with Gasteiger partial charge in [-0.2, -0.15) is 5.10 Å². The molecule has 8 nitrogen and oxygen atoms in total. The van der Waals surface area contributed by atoms with Gasteiger partial charge in [-0.3, -0.25) is 19.2 Å². The Morgan fingerprint density at radius 2 is 1.82 bits per heavy atom. The van der Waals surface area contributed by atoms with Crippen molar-refractivity contribution in [2.75, 3.05) is 12.0 Å². The molecule has 0 radical (unpaired) electrons. The smallest absolute Gasteiger partial charge is 0.358 e. The second-order valence-electron chi connectivity index (χ2n) is 9.43. The first-order valence-electron chi connectivity index (χ1n) is 11.6. The van der Waals surface area contributed by atoms with Crippen molar-refractivity contribution in [3.8, 4) is 0 Å². The highest BCUT2D eigenvalue weighted by Gasteiger charge is 2.49. The SMILES string of the molecule is COC(=O)c1cc2n(n1)CC(C)(C(=O)NC1CCCCCC1)N(c1ccc(C)cc1C)C2=O. The highest BCUT2D eigenvalue weighted by Crippen LogP contribution is 2.35. The first-order valence-corrected chi connectivity index (χ1v) is 11.6. The molecular weight excluding hydrogens is 420 g/mol. The number of amides is 2. The molecule has 1 saturated carbocycles. The molecule has 8 heteroatoms. The maximum Gasteiger partial charge on any atom is 0.358 e. The Morgan fingerprint density at radius 3 is 2.45 bits per heavy atom. The lowest BCUT2D eigenvalue weighted by Crippen LogP contribution is -2.65. The quantitative estimate of drug-likeness (QED) is 0.566. The second-order valence-corrected chi connectivity index (χ2v) is 9.43. The van der Waals surface area contributed by atoms with Crippen LogP contribution in [-0.2, 0) is 16.1 Å². The van der Waals surface area contributed by atoms with E-state index in [2.05, 4.69) is 10.4 Å². The van der Waals surface area contributed by atoms with Crippen LogP contribution in [0.25, 0.3) is 0 Å². The lowest BCUT2D eigenvalue weighted by atomic mass is 9.92. The van der Waals surface area contributed by atoms with Gasteiger partial charge in [0.1, 0.15) is 11.2 Å². The van der Waals surface area contributed by atoms with Crippen molar-refractivity contribution >= 4 is 23.5 Å². The Hall–Kier alpha value is -3.16. The predicted molar refractivity (Wildman–Crippen MR) is 124 cm³/mol. The summed E-state index contributed by atoms with van der Waals surface area (Å²) in [5, 5.41) is 7.52. The summed E-state index contributed by atoms with van der Waals surface area (Å²) >= 11 is 0. The van der Waals surface area contributed by atoms with Gasteiger partial charge in [0.15, 0.2) is 5.69 Å². The van der Waals surface area contributed by atoms with Crippen molar-refractivity contribution in [3.63, 3.8) is 0 Å². The van der Waals surface area contributed by atoms with E-state index in [4.69, 9.17) is 4.74 Å². The number of ether oxygens (including phenoxy) is 1. The molecular formula is C25H32N4O4. The predicted octanol–water partition coefficient (Wildman–Crippen LogP) is 3.54. The highest BCUT2D eigenvalue weighted by atomic mass is 16.5. The van der Waals surface area contributed by atoms with Crippen LogP contribution < -0.4 is 10.2 Å². The van der Waals surface area contributed by atoms with Crippen molar-refractivity contribution in [3.05, 3.63) is 46.8 Å². The molecule has 1 fully saturated rings. The Balaban J connectivity index is 1.77. The molecule has 1 N–H and O–H groups in total. The van der Waals surface area contributed by atoms with E-state index in [0.29, 0.717) is 5.69 Å². The van der Waals surface area contributed by atoms with Gasteiger partial charge < -0.3 is 10.1 Å². The molecule has 33 heavy (non-hydrogen) atoms. The summed E-state index contributed by atoms with van der Waals surface area (Å²) in [7, 11) is 1.27. The maximum atomic E-state index is 13.8. The zero-order valence-corrected chi connectivity index (χ0v) is 19.8. The average Bonchev–Trinajstić information content (AvgIpc) is 3.03. The van der Waals surface area contributed by atoms with Gasteiger partial charge in [0, 0.05) is 17.8 Å². The standard InChI is InChI=1S/C25H32N4O4/c1-16-11-12-20(17(2)13-16)29-22(30)21-14-19(23(31)33-4)27-28(21)15-25(29,3)24(32)26-18-9-7-5-6-8-10-18/h11-14,18H,5-10,15H2,1-4H3,(H,26,32). The first-order chi connectivity index (χ1) is 15.7. The van der Waals surface area contributed by atoms with E-state index in [1.54, 1.807) is 11.8 Å². The van der Waals surface area contributed by atoms with Crippen LogP contribution in [0.3, 0.4) is 0 Å². The number of esters is 1. The monoisotopic (exact) mass is 452 g/mol. The fourth-order valence-corrected chi connectivity index (χ4v) is 4.98. The molecule has 0 bridgehead atoms. The number of hydrogen-bond acceptors (Lipinski definition) is 5. The summed E-state index contributed by atoms with van der Waals surface area (Å²) in [6, 6.07) is 7.35. The number of benzene rings is 1. The highest BCUT2D eigenvalue weighted by molar-refractivity contribution is 6.12. The van der Waals surface area contributed by atoms with Crippen molar-refractivity contribution in [1.29, 1.82) is 0 Å². The summed E-state index contributed by atoms with van der Waals surface area (Å²) in [6.07, 6.45) is 6.44. The third-order valence-corrected chi connectivity index (χ3v) is 6.82. The molecule has 1 aliphatic heterocycles. The van der Waals surface area contributed by atoms with Crippen LogP contribution in [-0.4, -0.2) is 46.3 Å². The number of nitrogens with zero attached hydrogens (tertiary/aromatic N) is 3. The van der Waals surface area contributed by atoms with Crippen LogP contribution in [0.1, 0.15) is 77.6 Å². The maximum absolute atomic E-state index is 13.8. The van der Waals surface area contributed by atoms with Crippen molar-refractivity contribution in [2.45, 2.75) is 77.4 Å². The molecule has 1 atom stereocenters. The zero-order chi connectivity index (χ0) is 23.8. The zero-order valence-electron chi connectivity index (χ0n) is 19.8. The van der Waals surface area contributed by atoms with Crippen molar-refractivity contribution < 1.29 is 19.1 Å². The van der Waals surface area contributed by atoms with E-state index in [1.165, 1.54) is 30.7 Å². The van der Waals surface area contributed by atoms with Crippen molar-refractivity contribution in [2.24, 2.45) is 0 Å². The normalized spacial score (nSPS) is 21.3. The lowest BCUT2D eigenvalue weighted by molar-refractivity contribution is -0.127. The van der Waals surface area contributed by atoms with Gasteiger partial charge in [-0.15, -0.1) is 0 Å². The molecule has 1 unspecified atom stereocenters. The molecule has 0 saturated heterocycles. The van der Waals surface area contributed by atoms with Crippen LogP contribution in [0.15, 0.2) is 24.3 Å². The van der Waals surface area contributed by atoms with E-state index >= 15 is 0 Å². The van der Waals surface area contributed by atoms with Gasteiger partial charge in [0.05, 0.1) is 13.7 Å². The van der Waals surface area contributed by atoms with Gasteiger partial charge in [-0.25, -0.2) is 4.79 Å². The van der Waals surface area contributed by atoms with Gasteiger partial charge in [0.25, 0.3) is 5.91 Å². The van der Waals surface area contributed by atoms with Crippen LogP contribution in [0.2, 0.25) is 0 Å². The number of aryl methyl sites for hydroxylation is 2. The molecule has 176 valence electrons. The van der Waals surface area contributed by atoms with E-state index in [9.17, 15) is 14.4 Å². The molecule has 2 aromatic rings. The number of fused-ring (bicyclic) bond motifs is 1. The van der Waals surface area contributed by atoms with Gasteiger partial charge >= 0.3 is 5.97 Å². The molecule has 2 amide bonds. The number of carbonyl (C=O) groups excluding carboxylic acids is 3. The summed E-state index contributed by atoms with van der Waals surface area (Å²) in [6.45, 7) is 5.84. The van der Waals surface area contributed by atoms with E-state index < -0.39 is 11.5 Å². The van der Waals surface area contributed by atoms with Gasteiger partial charge in [-0.1, -0.05) is 43.4 Å². The second kappa shape index (κ2) is 9.00. The third kappa shape index (κ3) is 4.26. The minimum absolute atomic E-state index is 0.0508. The molecule has 2 heterocycles. The van der Waals surface area contributed by atoms with Crippen LogP contribution in [0.5, 0.6) is 0 Å². The van der Waals surface area contributed by atoms with Crippen molar-refractivity contribution in [1.82, 2.24) is 15.1 Å². The number of aromatic nitrogens is 2. The van der Waals surface area contributed by atoms with Crippen LogP contribution in [0.4, 0.5) is 5.69 Å². The number of rotatable bonds is 4. The molecule has 1 aromatic carbocycles. The summed E-state index contributed by atoms with van der Waals surface area (Å²) in [4.78, 5) is 41.2. The number of methoxy groups -OCH3 is 1. The first kappa shape index (κ1) is 23.0. The molecule has 2 aliphatic rings. The van der Waals surface area contributed by atoms with Crippen LogP contribution >= 0.6 is 0 Å². The fourth-order valence-electron chi connectivity index (χ4n) is 4.98. The summed E-state index contributed by atoms with van der Waals surface area (Å²) in [5.41, 5.74) is 1.75. The molecule has 0 spiro atoms. The molecule has 1 aliphatic carbocycles. The van der Waals surface area contributed by atoms with E-state index in [0.717, 1.165) is 36.8 Å². The number of nitrogens with one attached hydrogen (secondary N) is 1. The minimum Gasteiger partial charge on any atom is -0.464 e. The largest absolute Gasteiger partial charge is 0.464 e. The fraction of sp³-hybridized carbons (Fsp3) is 0.520. The summed E-state index contributed by atoms with van der Waals surface area (Å²) in [5.74, 6) is -1.19. The Morgan fingerprint density at radius 1 is 1.12 bits per heavy atom. The third-order valence-electron chi connectivity index (χ3n) is 6.82. The van der Waals surface area contributed by atoms with Crippen LogP contribution in [0, 0.1) is 13.8 Å². The molecule has 1 aromatic heterocycles. The van der Waals surface area contributed by atoms with E-state index in [-0.39, 0.29) is 35.8 Å². The number of hydrogen-bond donors (Lipinski definition) is 1. The Labute approximate surface area is 194 Å². The average molecular weight is 453 g/mol. The minimum atomic E-state index is -1.21. The number of anilines is 1. The lowest BCUT2D eigenvalue weighted by Gasteiger charge is -2.44.